The van der Waals surface area contributed by atoms with Crippen molar-refractivity contribution in [2.75, 3.05) is 26.2 Å². The summed E-state index contributed by atoms with van der Waals surface area (Å²) >= 11 is 0. The minimum Gasteiger partial charge on any atom is -0.339 e. The lowest BCUT2D eigenvalue weighted by atomic mass is 10.0. The van der Waals surface area contributed by atoms with Crippen molar-refractivity contribution < 1.29 is 4.79 Å². The summed E-state index contributed by atoms with van der Waals surface area (Å²) in [5.74, 6) is 0.112. The van der Waals surface area contributed by atoms with Crippen LogP contribution in [0.3, 0.4) is 0 Å². The number of nitrogens with zero attached hydrogens (tertiary/aromatic N) is 3. The Morgan fingerprint density at radius 2 is 1.51 bits per heavy atom. The van der Waals surface area contributed by atoms with Gasteiger partial charge < -0.3 is 10.2 Å². The van der Waals surface area contributed by atoms with Gasteiger partial charge in [-0.3, -0.25) is 14.7 Å². The molecule has 2 atom stereocenters. The fourth-order valence-electron chi connectivity index (χ4n) is 4.33. The summed E-state index contributed by atoms with van der Waals surface area (Å²) < 4.78 is 0. The van der Waals surface area contributed by atoms with Gasteiger partial charge in [0.15, 0.2) is 0 Å². The molecule has 2 heterocycles. The Kier molecular flexibility index (Phi) is 13.1. The lowest BCUT2D eigenvalue weighted by Gasteiger charge is -2.37. The van der Waals surface area contributed by atoms with Crippen LogP contribution in [-0.2, 0) is 13.0 Å². The summed E-state index contributed by atoms with van der Waals surface area (Å²) in [6, 6.07) is 23.7. The van der Waals surface area contributed by atoms with Gasteiger partial charge in [-0.2, -0.15) is 0 Å². The number of hydrogen-bond acceptors (Lipinski definition) is 4. The maximum atomic E-state index is 12.2. The lowest BCUT2D eigenvalue weighted by Crippen LogP contribution is -2.53. The predicted molar refractivity (Wildman–Crippen MR) is 154 cm³/mol. The highest BCUT2D eigenvalue weighted by Crippen LogP contribution is 2.13. The first-order valence-corrected chi connectivity index (χ1v) is 13.1. The number of aromatic nitrogens is 1. The Bertz CT molecular complexity index is 1050. The van der Waals surface area contributed by atoms with Crippen molar-refractivity contribution in [2.24, 2.45) is 0 Å². The number of nitrogens with one attached hydrogen (secondary N) is 1. The van der Waals surface area contributed by atoms with Crippen molar-refractivity contribution in [3.63, 3.8) is 0 Å². The van der Waals surface area contributed by atoms with Crippen LogP contribution in [0.4, 0.5) is 0 Å². The van der Waals surface area contributed by atoms with Crippen molar-refractivity contribution >= 4 is 5.91 Å². The largest absolute Gasteiger partial charge is 0.339 e. The van der Waals surface area contributed by atoms with Gasteiger partial charge in [-0.05, 0) is 75.1 Å². The van der Waals surface area contributed by atoms with Gasteiger partial charge in [0.2, 0.25) is 0 Å². The summed E-state index contributed by atoms with van der Waals surface area (Å²) in [7, 11) is 0. The molecule has 196 valence electrons. The van der Waals surface area contributed by atoms with E-state index >= 15 is 0 Å². The third-order valence-corrected chi connectivity index (χ3v) is 6.53. The minimum atomic E-state index is 0.112. The maximum Gasteiger partial charge on any atom is 0.253 e. The molecule has 0 unspecified atom stereocenters. The molecule has 2 aromatic carbocycles. The number of piperazine rings is 1. The van der Waals surface area contributed by atoms with E-state index in [0.29, 0.717) is 12.1 Å². The molecule has 4 rings (SSSR count). The van der Waals surface area contributed by atoms with Gasteiger partial charge >= 0.3 is 0 Å². The van der Waals surface area contributed by atoms with Crippen LogP contribution in [0.25, 0.3) is 0 Å². The Morgan fingerprint density at radius 1 is 0.919 bits per heavy atom. The van der Waals surface area contributed by atoms with E-state index in [0.717, 1.165) is 44.7 Å². The van der Waals surface area contributed by atoms with Crippen molar-refractivity contribution in [2.45, 2.75) is 52.7 Å². The van der Waals surface area contributed by atoms with E-state index in [9.17, 15) is 4.79 Å². The molecule has 0 saturated carbocycles. The monoisotopic (exact) mass is 498 g/mol. The normalized spacial score (nSPS) is 16.9. The molecule has 5 heteroatoms. The molecule has 1 amide bonds. The molecule has 0 bridgehead atoms. The quantitative estimate of drug-likeness (QED) is 0.451. The molecule has 37 heavy (non-hydrogen) atoms. The zero-order valence-electron chi connectivity index (χ0n) is 22.8. The molecule has 0 spiro atoms. The van der Waals surface area contributed by atoms with Gasteiger partial charge in [0.25, 0.3) is 5.91 Å². The number of benzene rings is 2. The van der Waals surface area contributed by atoms with Crippen LogP contribution in [-0.4, -0.2) is 59.0 Å². The van der Waals surface area contributed by atoms with E-state index in [1.807, 2.05) is 73.6 Å². The molecule has 0 aliphatic carbocycles. The first-order chi connectivity index (χ1) is 18.0. The van der Waals surface area contributed by atoms with Crippen molar-refractivity contribution in [3.8, 4) is 12.8 Å². The van der Waals surface area contributed by atoms with Crippen LogP contribution in [0.5, 0.6) is 0 Å². The van der Waals surface area contributed by atoms with Crippen molar-refractivity contribution in [1.82, 2.24) is 20.1 Å². The SMILES string of the molecule is C#C.CCN(CC)C(=O)c1ccc(Cc2ccccc2)cc1.C[C@@H]1CN[C@@H](C)CN1Cc1ccncc1. The summed E-state index contributed by atoms with van der Waals surface area (Å²) in [6.45, 7) is 13.3. The molecule has 1 fully saturated rings. The van der Waals surface area contributed by atoms with Crippen LogP contribution in [0.1, 0.15) is 54.7 Å². The second-order valence-electron chi connectivity index (χ2n) is 9.28. The van der Waals surface area contributed by atoms with Crippen molar-refractivity contribution in [3.05, 3.63) is 101 Å². The van der Waals surface area contributed by atoms with Gasteiger partial charge in [-0.25, -0.2) is 0 Å². The van der Waals surface area contributed by atoms with Crippen LogP contribution in [0.2, 0.25) is 0 Å². The van der Waals surface area contributed by atoms with Gasteiger partial charge in [-0.1, -0.05) is 42.5 Å². The molecule has 1 aliphatic heterocycles. The summed E-state index contributed by atoms with van der Waals surface area (Å²) in [6.07, 6.45) is 12.6. The molecule has 3 aromatic rings. The molecule has 1 aromatic heterocycles. The standard InChI is InChI=1S/C18H21NO.C12H19N3.C2H2/c1-3-19(4-2)18(20)17-12-10-16(11-13-17)14-15-8-6-5-7-9-15;1-10-8-15(11(2)7-14-10)9-12-3-5-13-6-4-12;1-2/h5-13H,3-4,14H2,1-2H3;3-6,10-11,14H,7-9H2,1-2H3;1-2H/t;10-,11+;/m.0./s1. The van der Waals surface area contributed by atoms with Gasteiger partial charge in [0.1, 0.15) is 0 Å². The molecule has 1 saturated heterocycles. The molecular formula is C32H42N4O. The van der Waals surface area contributed by atoms with Crippen LogP contribution in [0, 0.1) is 12.8 Å². The highest BCUT2D eigenvalue weighted by Gasteiger charge is 2.21. The third-order valence-electron chi connectivity index (χ3n) is 6.53. The van der Waals surface area contributed by atoms with E-state index in [1.54, 1.807) is 0 Å². The van der Waals surface area contributed by atoms with E-state index < -0.39 is 0 Å². The van der Waals surface area contributed by atoms with E-state index in [4.69, 9.17) is 0 Å². The third kappa shape index (κ3) is 9.84. The molecule has 1 N–H and O–H groups in total. The fourth-order valence-corrected chi connectivity index (χ4v) is 4.33. The molecule has 0 radical (unpaired) electrons. The number of rotatable bonds is 7. The summed E-state index contributed by atoms with van der Waals surface area (Å²) in [4.78, 5) is 20.6. The van der Waals surface area contributed by atoms with Crippen LogP contribution < -0.4 is 5.32 Å². The van der Waals surface area contributed by atoms with E-state index in [1.165, 1.54) is 16.7 Å². The lowest BCUT2D eigenvalue weighted by molar-refractivity contribution is 0.0773. The minimum absolute atomic E-state index is 0.112. The van der Waals surface area contributed by atoms with Gasteiger partial charge in [-0.15, -0.1) is 12.8 Å². The van der Waals surface area contributed by atoms with Crippen LogP contribution >= 0.6 is 0 Å². The number of hydrogen-bond donors (Lipinski definition) is 1. The number of pyridine rings is 1. The Hall–Kier alpha value is -3.46. The zero-order valence-corrected chi connectivity index (χ0v) is 22.8. The second kappa shape index (κ2) is 16.3. The first-order valence-electron chi connectivity index (χ1n) is 13.1. The maximum absolute atomic E-state index is 12.2. The average Bonchev–Trinajstić information content (AvgIpc) is 2.94. The smallest absolute Gasteiger partial charge is 0.253 e. The number of terminal acetylenes is 1. The predicted octanol–water partition coefficient (Wildman–Crippen LogP) is 5.27. The Labute approximate surface area is 223 Å². The fraction of sp³-hybridized carbons (Fsp3) is 0.375. The number of amides is 1. The van der Waals surface area contributed by atoms with E-state index in [-0.39, 0.29) is 5.91 Å². The molecule has 5 nitrogen and oxygen atoms in total. The average molecular weight is 499 g/mol. The van der Waals surface area contributed by atoms with Gasteiger partial charge in [0, 0.05) is 62.8 Å². The van der Waals surface area contributed by atoms with Crippen molar-refractivity contribution in [1.29, 1.82) is 0 Å². The number of carbonyl (C=O) groups excluding carboxylic acids is 1. The summed E-state index contributed by atoms with van der Waals surface area (Å²) in [5.41, 5.74) is 4.64. The highest BCUT2D eigenvalue weighted by atomic mass is 16.2. The van der Waals surface area contributed by atoms with Crippen LogP contribution in [0.15, 0.2) is 79.1 Å². The topological polar surface area (TPSA) is 48.5 Å². The van der Waals surface area contributed by atoms with Gasteiger partial charge in [0.05, 0.1) is 0 Å². The number of carbonyl (C=O) groups is 1. The highest BCUT2D eigenvalue weighted by molar-refractivity contribution is 5.94. The Balaban J connectivity index is 0.000000252. The first kappa shape index (κ1) is 29.8. The second-order valence-corrected chi connectivity index (χ2v) is 9.28. The Morgan fingerprint density at radius 3 is 2.11 bits per heavy atom. The molecular weight excluding hydrogens is 456 g/mol. The molecule has 1 aliphatic rings. The van der Waals surface area contributed by atoms with E-state index in [2.05, 4.69) is 66.2 Å². The summed E-state index contributed by atoms with van der Waals surface area (Å²) in [5, 5.41) is 3.49. The zero-order chi connectivity index (χ0) is 27.0.